The van der Waals surface area contributed by atoms with E-state index < -0.39 is 17.5 Å². The molecule has 1 saturated carbocycles. The topological polar surface area (TPSA) is 63.6 Å². The predicted octanol–water partition coefficient (Wildman–Crippen LogP) is 4.19. The van der Waals surface area contributed by atoms with E-state index in [1.54, 1.807) is 0 Å². The Balaban J connectivity index is 2.53. The molecule has 0 saturated heterocycles. The maximum absolute atomic E-state index is 11.7. The van der Waals surface area contributed by atoms with Crippen LogP contribution >= 0.6 is 0 Å². The molecule has 1 unspecified atom stereocenters. The van der Waals surface area contributed by atoms with Gasteiger partial charge in [-0.25, -0.2) is 9.59 Å². The highest BCUT2D eigenvalue weighted by atomic mass is 16.6. The molecule has 0 aromatic heterocycles. The average molecular weight is 310 g/mol. The van der Waals surface area contributed by atoms with Crippen molar-refractivity contribution in [3.8, 4) is 0 Å². The van der Waals surface area contributed by atoms with Crippen LogP contribution in [0.25, 0.3) is 0 Å². The lowest BCUT2D eigenvalue weighted by atomic mass is 9.73. The van der Waals surface area contributed by atoms with E-state index >= 15 is 0 Å². The van der Waals surface area contributed by atoms with Gasteiger partial charge in [0.2, 0.25) is 0 Å². The Morgan fingerprint density at radius 2 is 1.82 bits per heavy atom. The number of rotatable bonds is 7. The second kappa shape index (κ2) is 8.35. The van der Waals surface area contributed by atoms with E-state index in [4.69, 9.17) is 9.84 Å². The van der Waals surface area contributed by atoms with Gasteiger partial charge in [-0.15, -0.1) is 0 Å². The molecule has 0 amide bonds. The van der Waals surface area contributed by atoms with Gasteiger partial charge in [0.05, 0.1) is 0 Å². The molecule has 126 valence electrons. The van der Waals surface area contributed by atoms with E-state index in [1.165, 1.54) is 25.7 Å². The van der Waals surface area contributed by atoms with Gasteiger partial charge in [-0.3, -0.25) is 0 Å². The number of carboxylic acids is 1. The Kier molecular flexibility index (Phi) is 7.11. The van der Waals surface area contributed by atoms with E-state index in [-0.39, 0.29) is 0 Å². The monoisotopic (exact) mass is 310 g/mol. The first-order chi connectivity index (χ1) is 10.3. The number of hydrogen-bond acceptors (Lipinski definition) is 3. The van der Waals surface area contributed by atoms with E-state index in [1.807, 2.05) is 13.8 Å². The maximum Gasteiger partial charge on any atom is 0.331 e. The minimum Gasteiger partial charge on any atom is -0.478 e. The molecule has 1 rings (SSSR count). The molecule has 1 aliphatic carbocycles. The second-order valence-electron chi connectivity index (χ2n) is 7.13. The summed E-state index contributed by atoms with van der Waals surface area (Å²) in [5.41, 5.74) is -0.505. The Morgan fingerprint density at radius 3 is 2.27 bits per heavy atom. The first-order valence-corrected chi connectivity index (χ1v) is 8.39. The van der Waals surface area contributed by atoms with Crippen molar-refractivity contribution >= 4 is 11.9 Å². The number of ether oxygens (including phenoxy) is 1. The molecule has 1 aliphatic rings. The summed E-state index contributed by atoms with van der Waals surface area (Å²) in [6.45, 7) is 8.54. The highest BCUT2D eigenvalue weighted by molar-refractivity contribution is 5.90. The molecule has 0 aromatic carbocycles. The Morgan fingerprint density at radius 1 is 1.23 bits per heavy atom. The summed E-state index contributed by atoms with van der Waals surface area (Å²) >= 11 is 0. The summed E-state index contributed by atoms with van der Waals surface area (Å²) in [5, 5.41) is 8.55. The molecule has 0 spiro atoms. The number of carboxylic acid groups (broad SMARTS) is 1. The maximum atomic E-state index is 11.7. The van der Waals surface area contributed by atoms with E-state index in [9.17, 15) is 9.59 Å². The van der Waals surface area contributed by atoms with Gasteiger partial charge in [-0.1, -0.05) is 33.6 Å². The predicted molar refractivity (Wildman–Crippen MR) is 86.5 cm³/mol. The normalized spacial score (nSPS) is 25.1. The number of carbonyl (C=O) groups is 2. The number of carbonyl (C=O) groups excluding carboxylic acids is 1. The van der Waals surface area contributed by atoms with Crippen LogP contribution in [0, 0.1) is 17.8 Å². The zero-order valence-electron chi connectivity index (χ0n) is 14.3. The van der Waals surface area contributed by atoms with Crippen molar-refractivity contribution < 1.29 is 19.4 Å². The SMILES string of the molecule is CCC(C)(CC1CCC(C(C)C)CC1)OC(=O)/C=C/C(=O)O. The molecule has 1 fully saturated rings. The lowest BCUT2D eigenvalue weighted by Gasteiger charge is -2.36. The minimum absolute atomic E-state index is 0.505. The number of aliphatic carboxylic acids is 1. The third-order valence-corrected chi connectivity index (χ3v) is 5.01. The Hall–Kier alpha value is -1.32. The Bertz CT molecular complexity index is 405. The zero-order valence-corrected chi connectivity index (χ0v) is 14.3. The van der Waals surface area contributed by atoms with E-state index in [0.717, 1.165) is 36.8 Å². The third-order valence-electron chi connectivity index (χ3n) is 5.01. The summed E-state index contributed by atoms with van der Waals surface area (Å²) < 4.78 is 5.53. The van der Waals surface area contributed by atoms with Crippen LogP contribution in [0.1, 0.15) is 66.2 Å². The fourth-order valence-electron chi connectivity index (χ4n) is 3.34. The molecule has 22 heavy (non-hydrogen) atoms. The van der Waals surface area contributed by atoms with Crippen molar-refractivity contribution in [3.63, 3.8) is 0 Å². The first kappa shape index (κ1) is 18.7. The molecular formula is C18H30O4. The van der Waals surface area contributed by atoms with Crippen LogP contribution in [0.15, 0.2) is 12.2 Å². The molecule has 0 heterocycles. The standard InChI is InChI=1S/C18H30O4/c1-5-18(4,22-17(21)11-10-16(19)20)12-14-6-8-15(9-7-14)13(2)3/h10-11,13-15H,5-9,12H2,1-4H3,(H,19,20)/b11-10+. The van der Waals surface area contributed by atoms with Crippen molar-refractivity contribution in [3.05, 3.63) is 12.2 Å². The number of hydrogen-bond donors (Lipinski definition) is 1. The lowest BCUT2D eigenvalue weighted by molar-refractivity contribution is -0.154. The second-order valence-corrected chi connectivity index (χ2v) is 7.13. The molecule has 0 aromatic rings. The van der Waals surface area contributed by atoms with Gasteiger partial charge in [0, 0.05) is 12.2 Å². The summed E-state index contributed by atoms with van der Waals surface area (Å²) in [7, 11) is 0. The fraction of sp³-hybridized carbons (Fsp3) is 0.778. The largest absolute Gasteiger partial charge is 0.478 e. The first-order valence-electron chi connectivity index (χ1n) is 8.39. The van der Waals surface area contributed by atoms with Crippen molar-refractivity contribution in [2.45, 2.75) is 71.8 Å². The molecule has 0 radical (unpaired) electrons. The summed E-state index contributed by atoms with van der Waals surface area (Å²) in [6.07, 6.45) is 8.33. The highest BCUT2D eigenvalue weighted by Gasteiger charge is 2.32. The van der Waals surface area contributed by atoms with Crippen molar-refractivity contribution in [1.82, 2.24) is 0 Å². The van der Waals surface area contributed by atoms with Gasteiger partial charge in [-0.2, -0.15) is 0 Å². The van der Waals surface area contributed by atoms with E-state index in [2.05, 4.69) is 13.8 Å². The lowest BCUT2D eigenvalue weighted by Crippen LogP contribution is -2.34. The highest BCUT2D eigenvalue weighted by Crippen LogP contribution is 2.38. The molecule has 4 heteroatoms. The molecule has 0 aliphatic heterocycles. The molecule has 1 atom stereocenters. The van der Waals surface area contributed by atoms with Gasteiger partial charge in [0.15, 0.2) is 0 Å². The summed E-state index contributed by atoms with van der Waals surface area (Å²) in [5.74, 6) is 0.462. The minimum atomic E-state index is -1.14. The summed E-state index contributed by atoms with van der Waals surface area (Å²) in [4.78, 5) is 22.2. The molecular weight excluding hydrogens is 280 g/mol. The van der Waals surface area contributed by atoms with Crippen molar-refractivity contribution in [2.75, 3.05) is 0 Å². The van der Waals surface area contributed by atoms with Gasteiger partial charge >= 0.3 is 11.9 Å². The van der Waals surface area contributed by atoms with Gasteiger partial charge in [0.25, 0.3) is 0 Å². The van der Waals surface area contributed by atoms with Crippen LogP contribution in [-0.2, 0) is 14.3 Å². The van der Waals surface area contributed by atoms with Gasteiger partial charge in [0.1, 0.15) is 5.60 Å². The van der Waals surface area contributed by atoms with E-state index in [0.29, 0.717) is 5.92 Å². The van der Waals surface area contributed by atoms with Crippen molar-refractivity contribution in [1.29, 1.82) is 0 Å². The van der Waals surface area contributed by atoms with Crippen molar-refractivity contribution in [2.24, 2.45) is 17.8 Å². The Labute approximate surface area is 133 Å². The summed E-state index contributed by atoms with van der Waals surface area (Å²) in [6, 6.07) is 0. The average Bonchev–Trinajstić information content (AvgIpc) is 2.45. The zero-order chi connectivity index (χ0) is 16.8. The molecule has 1 N–H and O–H groups in total. The molecule has 4 nitrogen and oxygen atoms in total. The van der Waals surface area contributed by atoms with Crippen LogP contribution in [0.3, 0.4) is 0 Å². The van der Waals surface area contributed by atoms with Gasteiger partial charge < -0.3 is 9.84 Å². The quantitative estimate of drug-likeness (QED) is 0.565. The van der Waals surface area contributed by atoms with Crippen LogP contribution in [-0.4, -0.2) is 22.6 Å². The fourth-order valence-corrected chi connectivity index (χ4v) is 3.34. The van der Waals surface area contributed by atoms with Crippen LogP contribution < -0.4 is 0 Å². The van der Waals surface area contributed by atoms with Crippen LogP contribution in [0.5, 0.6) is 0 Å². The number of esters is 1. The molecule has 0 bridgehead atoms. The van der Waals surface area contributed by atoms with Gasteiger partial charge in [-0.05, 0) is 50.4 Å². The third kappa shape index (κ3) is 6.20. The smallest absolute Gasteiger partial charge is 0.331 e. The van der Waals surface area contributed by atoms with Crippen LogP contribution in [0.4, 0.5) is 0 Å². The van der Waals surface area contributed by atoms with Crippen LogP contribution in [0.2, 0.25) is 0 Å².